The van der Waals surface area contributed by atoms with Gasteiger partial charge in [-0.05, 0) is 32.8 Å². The van der Waals surface area contributed by atoms with Crippen LogP contribution in [-0.4, -0.2) is 34.0 Å². The summed E-state index contributed by atoms with van der Waals surface area (Å²) in [6.07, 6.45) is 0.899. The quantitative estimate of drug-likeness (QED) is 0.425. The Labute approximate surface area is 141 Å². The molecule has 0 saturated heterocycles. The fraction of sp³-hybridized carbons (Fsp3) is 0.647. The predicted molar refractivity (Wildman–Crippen MR) is 94.6 cm³/mol. The van der Waals surface area contributed by atoms with E-state index in [4.69, 9.17) is 24.9 Å². The molecule has 3 nitrogen and oxygen atoms in total. The minimum absolute atomic E-state index is 0.0376. The van der Waals surface area contributed by atoms with E-state index in [-0.39, 0.29) is 11.3 Å². The van der Waals surface area contributed by atoms with Crippen LogP contribution in [0.2, 0.25) is 6.04 Å². The lowest BCUT2D eigenvalue weighted by Crippen LogP contribution is -2.48. The molecule has 2 unspecified atom stereocenters. The summed E-state index contributed by atoms with van der Waals surface area (Å²) in [6, 6.07) is 11.1. The first-order chi connectivity index (χ1) is 10.6. The Morgan fingerprint density at radius 2 is 1.41 bits per heavy atom. The molecule has 0 fully saturated rings. The molecule has 22 heavy (non-hydrogen) atoms. The van der Waals surface area contributed by atoms with E-state index >= 15 is 0 Å². The Balaban J connectivity index is 3.06. The minimum atomic E-state index is -2.70. The van der Waals surface area contributed by atoms with Crippen LogP contribution in [-0.2, 0) is 13.3 Å². The third-order valence-electron chi connectivity index (χ3n) is 3.62. The number of benzene rings is 1. The average Bonchev–Trinajstić information content (AvgIpc) is 2.53. The summed E-state index contributed by atoms with van der Waals surface area (Å²) in [5.74, 6) is 0.171. The van der Waals surface area contributed by atoms with E-state index in [1.807, 2.05) is 39.0 Å². The molecule has 0 heterocycles. The molecule has 0 aliphatic rings. The second kappa shape index (κ2) is 10.4. The van der Waals surface area contributed by atoms with Crippen LogP contribution in [0.4, 0.5) is 0 Å². The van der Waals surface area contributed by atoms with Crippen molar-refractivity contribution in [2.45, 2.75) is 51.5 Å². The number of alkyl halides is 1. The maximum atomic E-state index is 6.63. The third kappa shape index (κ3) is 5.67. The molecule has 126 valence electrons. The fourth-order valence-electron chi connectivity index (χ4n) is 2.67. The highest BCUT2D eigenvalue weighted by molar-refractivity contribution is 6.61. The first-order valence-corrected chi connectivity index (χ1v) is 10.6. The van der Waals surface area contributed by atoms with E-state index in [1.165, 1.54) is 5.56 Å². The molecule has 0 bridgehead atoms. The van der Waals surface area contributed by atoms with Crippen LogP contribution < -0.4 is 0 Å². The summed E-state index contributed by atoms with van der Waals surface area (Å²) in [5.41, 5.74) is 1.22. The Kier molecular flexibility index (Phi) is 9.29. The minimum Gasteiger partial charge on any atom is -0.374 e. The summed E-state index contributed by atoms with van der Waals surface area (Å²) in [6.45, 7) is 9.82. The zero-order chi connectivity index (χ0) is 16.4. The maximum absolute atomic E-state index is 6.63. The van der Waals surface area contributed by atoms with E-state index in [9.17, 15) is 0 Å². The number of rotatable bonds is 11. The topological polar surface area (TPSA) is 27.7 Å². The van der Waals surface area contributed by atoms with Crippen LogP contribution >= 0.6 is 11.6 Å². The predicted octanol–water partition coefficient (Wildman–Crippen LogP) is 4.84. The van der Waals surface area contributed by atoms with Gasteiger partial charge in [-0.1, -0.05) is 37.3 Å². The summed E-state index contributed by atoms with van der Waals surface area (Å²) in [4.78, 5) is 0. The van der Waals surface area contributed by atoms with Crippen LogP contribution in [0.15, 0.2) is 30.3 Å². The van der Waals surface area contributed by atoms with Gasteiger partial charge in [0.25, 0.3) is 0 Å². The first kappa shape index (κ1) is 19.7. The molecule has 0 spiro atoms. The van der Waals surface area contributed by atoms with Gasteiger partial charge in [0.15, 0.2) is 0 Å². The normalized spacial score (nSPS) is 14.8. The molecule has 0 saturated carbocycles. The monoisotopic (exact) mass is 344 g/mol. The van der Waals surface area contributed by atoms with E-state index in [0.29, 0.717) is 25.9 Å². The highest BCUT2D eigenvalue weighted by atomic mass is 35.5. The first-order valence-electron chi connectivity index (χ1n) is 8.23. The molecular formula is C17H29ClO3Si. The van der Waals surface area contributed by atoms with Crippen LogP contribution in [0.1, 0.15) is 45.6 Å². The molecule has 0 aliphatic heterocycles. The lowest BCUT2D eigenvalue weighted by atomic mass is 9.96. The van der Waals surface area contributed by atoms with Gasteiger partial charge in [-0.15, -0.1) is 11.6 Å². The van der Waals surface area contributed by atoms with Gasteiger partial charge in [0, 0.05) is 37.2 Å². The Morgan fingerprint density at radius 3 is 1.82 bits per heavy atom. The van der Waals surface area contributed by atoms with Crippen molar-refractivity contribution in [3.63, 3.8) is 0 Å². The average molecular weight is 345 g/mol. The number of hydrogen-bond acceptors (Lipinski definition) is 3. The molecule has 5 heteroatoms. The van der Waals surface area contributed by atoms with Gasteiger partial charge in [-0.2, -0.15) is 0 Å². The van der Waals surface area contributed by atoms with Crippen molar-refractivity contribution < 1.29 is 13.3 Å². The zero-order valence-electron chi connectivity index (χ0n) is 14.2. The van der Waals surface area contributed by atoms with E-state index in [0.717, 1.165) is 6.42 Å². The fourth-order valence-corrected chi connectivity index (χ4v) is 6.04. The van der Waals surface area contributed by atoms with Gasteiger partial charge in [0.2, 0.25) is 0 Å². The maximum Gasteiger partial charge on any atom is 0.501 e. The molecular weight excluding hydrogens is 316 g/mol. The van der Waals surface area contributed by atoms with Crippen molar-refractivity contribution in [3.8, 4) is 0 Å². The molecule has 1 aromatic rings. The second-order valence-electron chi connectivity index (χ2n) is 5.13. The van der Waals surface area contributed by atoms with E-state index < -0.39 is 8.80 Å². The lowest BCUT2D eigenvalue weighted by Gasteiger charge is -2.33. The smallest absolute Gasteiger partial charge is 0.374 e. The van der Waals surface area contributed by atoms with Gasteiger partial charge in [0.1, 0.15) is 0 Å². The van der Waals surface area contributed by atoms with E-state index in [1.54, 1.807) is 0 Å². The largest absolute Gasteiger partial charge is 0.501 e. The standard InChI is InChI=1S/C17H29ClO3Si/c1-5-17(18)16(15-12-10-9-11-13-15)14-22(19-6-2,20-7-3)21-8-4/h9-13,16-17H,5-8,14H2,1-4H3. The third-order valence-corrected chi connectivity index (χ3v) is 7.36. The van der Waals surface area contributed by atoms with Gasteiger partial charge in [-0.25, -0.2) is 0 Å². The Bertz CT molecular complexity index is 385. The number of hydrogen-bond donors (Lipinski definition) is 0. The molecule has 1 aromatic carbocycles. The molecule has 0 amide bonds. The highest BCUT2D eigenvalue weighted by Crippen LogP contribution is 2.35. The van der Waals surface area contributed by atoms with Crippen molar-refractivity contribution in [1.29, 1.82) is 0 Å². The summed E-state index contributed by atoms with van der Waals surface area (Å²) in [5, 5.41) is 0.0376. The van der Waals surface area contributed by atoms with Crippen LogP contribution in [0.5, 0.6) is 0 Å². The van der Waals surface area contributed by atoms with Crippen LogP contribution in [0.25, 0.3) is 0 Å². The Morgan fingerprint density at radius 1 is 0.909 bits per heavy atom. The summed E-state index contributed by atoms with van der Waals surface area (Å²) in [7, 11) is -2.70. The van der Waals surface area contributed by atoms with Crippen molar-refractivity contribution in [3.05, 3.63) is 35.9 Å². The van der Waals surface area contributed by atoms with Crippen molar-refractivity contribution in [2.75, 3.05) is 19.8 Å². The Hall–Kier alpha value is -0.393. The van der Waals surface area contributed by atoms with Crippen LogP contribution in [0, 0.1) is 0 Å². The second-order valence-corrected chi connectivity index (χ2v) is 8.33. The van der Waals surface area contributed by atoms with Gasteiger partial charge >= 0.3 is 8.80 Å². The molecule has 1 rings (SSSR count). The van der Waals surface area contributed by atoms with Crippen molar-refractivity contribution in [2.24, 2.45) is 0 Å². The van der Waals surface area contributed by atoms with Crippen LogP contribution in [0.3, 0.4) is 0 Å². The zero-order valence-corrected chi connectivity index (χ0v) is 15.9. The van der Waals surface area contributed by atoms with E-state index in [2.05, 4.69) is 19.1 Å². The summed E-state index contributed by atoms with van der Waals surface area (Å²) < 4.78 is 18.0. The molecule has 0 radical (unpaired) electrons. The number of halogens is 1. The molecule has 0 N–H and O–H groups in total. The summed E-state index contributed by atoms with van der Waals surface area (Å²) >= 11 is 6.63. The molecule has 0 aliphatic carbocycles. The highest BCUT2D eigenvalue weighted by Gasteiger charge is 2.44. The molecule has 0 aromatic heterocycles. The molecule has 2 atom stereocenters. The SMILES string of the molecule is CCO[Si](CC(c1ccccc1)C(Cl)CC)(OCC)OCC. The van der Waals surface area contributed by atoms with Crippen molar-refractivity contribution in [1.82, 2.24) is 0 Å². The van der Waals surface area contributed by atoms with Gasteiger partial charge in [0.05, 0.1) is 0 Å². The van der Waals surface area contributed by atoms with Crippen molar-refractivity contribution >= 4 is 20.4 Å². The van der Waals surface area contributed by atoms with Gasteiger partial charge < -0.3 is 13.3 Å². The lowest BCUT2D eigenvalue weighted by molar-refractivity contribution is 0.0693. The van der Waals surface area contributed by atoms with Gasteiger partial charge in [-0.3, -0.25) is 0 Å².